The summed E-state index contributed by atoms with van der Waals surface area (Å²) in [5.41, 5.74) is 6.26. The highest BCUT2D eigenvalue weighted by Crippen LogP contribution is 2.27. The molecule has 0 aliphatic carbocycles. The van der Waals surface area contributed by atoms with E-state index in [0.717, 1.165) is 4.47 Å². The molecular weight excluding hydrogens is 245 g/mol. The van der Waals surface area contributed by atoms with Crippen LogP contribution in [0.15, 0.2) is 22.7 Å². The van der Waals surface area contributed by atoms with E-state index in [1.54, 1.807) is 6.07 Å². The Morgan fingerprint density at radius 3 is 2.57 bits per heavy atom. The molecule has 0 aliphatic rings. The normalized spacial score (nSPS) is 11.8. The molecule has 0 aliphatic heterocycles. The Bertz CT molecular complexity index is 303. The first-order chi connectivity index (χ1) is 6.46. The monoisotopic (exact) mass is 259 g/mol. The van der Waals surface area contributed by atoms with Gasteiger partial charge in [-0.25, -0.2) is 4.39 Å². The quantitative estimate of drug-likeness (QED) is 0.887. The molecule has 0 unspecified atom stereocenters. The SMILES string of the molecule is CC(C)(CN)Cc1c(F)cccc1Br. The van der Waals surface area contributed by atoms with Crippen LogP contribution in [0.5, 0.6) is 0 Å². The molecule has 0 heterocycles. The molecule has 1 aromatic carbocycles. The van der Waals surface area contributed by atoms with E-state index in [2.05, 4.69) is 15.9 Å². The van der Waals surface area contributed by atoms with E-state index < -0.39 is 0 Å². The number of rotatable bonds is 3. The third-order valence-electron chi connectivity index (χ3n) is 2.27. The van der Waals surface area contributed by atoms with Gasteiger partial charge in [-0.2, -0.15) is 0 Å². The highest BCUT2D eigenvalue weighted by atomic mass is 79.9. The van der Waals surface area contributed by atoms with Gasteiger partial charge < -0.3 is 5.73 Å². The van der Waals surface area contributed by atoms with E-state index >= 15 is 0 Å². The fraction of sp³-hybridized carbons (Fsp3) is 0.455. The van der Waals surface area contributed by atoms with Crippen molar-refractivity contribution in [2.75, 3.05) is 6.54 Å². The van der Waals surface area contributed by atoms with Gasteiger partial charge in [0.1, 0.15) is 5.82 Å². The van der Waals surface area contributed by atoms with Gasteiger partial charge in [0.25, 0.3) is 0 Å². The van der Waals surface area contributed by atoms with Crippen molar-refractivity contribution >= 4 is 15.9 Å². The molecule has 2 N–H and O–H groups in total. The van der Waals surface area contributed by atoms with Crippen molar-refractivity contribution in [3.63, 3.8) is 0 Å². The number of hydrogen-bond donors (Lipinski definition) is 1. The summed E-state index contributed by atoms with van der Waals surface area (Å²) < 4.78 is 14.3. The third-order valence-corrected chi connectivity index (χ3v) is 3.01. The van der Waals surface area contributed by atoms with Gasteiger partial charge in [-0.15, -0.1) is 0 Å². The van der Waals surface area contributed by atoms with E-state index in [-0.39, 0.29) is 11.2 Å². The zero-order valence-electron chi connectivity index (χ0n) is 8.48. The summed E-state index contributed by atoms with van der Waals surface area (Å²) in [7, 11) is 0. The molecule has 78 valence electrons. The number of halogens is 2. The summed E-state index contributed by atoms with van der Waals surface area (Å²) in [6, 6.07) is 5.02. The van der Waals surface area contributed by atoms with Gasteiger partial charge in [0.15, 0.2) is 0 Å². The van der Waals surface area contributed by atoms with E-state index in [1.807, 2.05) is 19.9 Å². The molecular formula is C11H15BrFN. The fourth-order valence-electron chi connectivity index (χ4n) is 1.25. The van der Waals surface area contributed by atoms with Crippen molar-refractivity contribution in [2.24, 2.45) is 11.1 Å². The zero-order chi connectivity index (χ0) is 10.8. The summed E-state index contributed by atoms with van der Waals surface area (Å²) in [5, 5.41) is 0. The lowest BCUT2D eigenvalue weighted by Crippen LogP contribution is -2.26. The van der Waals surface area contributed by atoms with E-state index in [9.17, 15) is 4.39 Å². The molecule has 0 bridgehead atoms. The van der Waals surface area contributed by atoms with Crippen LogP contribution in [0.25, 0.3) is 0 Å². The van der Waals surface area contributed by atoms with Crippen LogP contribution in [0.1, 0.15) is 19.4 Å². The van der Waals surface area contributed by atoms with Crippen LogP contribution in [0, 0.1) is 11.2 Å². The topological polar surface area (TPSA) is 26.0 Å². The minimum atomic E-state index is -0.166. The third kappa shape index (κ3) is 2.79. The minimum Gasteiger partial charge on any atom is -0.330 e. The van der Waals surface area contributed by atoms with Gasteiger partial charge in [0.2, 0.25) is 0 Å². The average molecular weight is 260 g/mol. The Hall–Kier alpha value is -0.410. The second-order valence-electron chi connectivity index (χ2n) is 4.25. The standard InChI is InChI=1S/C11H15BrFN/c1-11(2,7-14)6-8-9(12)4-3-5-10(8)13/h3-5H,6-7,14H2,1-2H3. The van der Waals surface area contributed by atoms with Gasteiger partial charge in [0, 0.05) is 10.0 Å². The van der Waals surface area contributed by atoms with Crippen molar-refractivity contribution in [3.8, 4) is 0 Å². The lowest BCUT2D eigenvalue weighted by Gasteiger charge is -2.23. The molecule has 0 fully saturated rings. The van der Waals surface area contributed by atoms with E-state index in [1.165, 1.54) is 6.07 Å². The maximum Gasteiger partial charge on any atom is 0.127 e. The fourth-order valence-corrected chi connectivity index (χ4v) is 1.73. The summed E-state index contributed by atoms with van der Waals surface area (Å²) >= 11 is 3.35. The predicted molar refractivity (Wildman–Crippen MR) is 60.6 cm³/mol. The molecule has 1 aromatic rings. The second kappa shape index (κ2) is 4.41. The smallest absolute Gasteiger partial charge is 0.127 e. The number of nitrogens with two attached hydrogens (primary N) is 1. The van der Waals surface area contributed by atoms with Gasteiger partial charge in [-0.3, -0.25) is 0 Å². The van der Waals surface area contributed by atoms with Crippen LogP contribution in [0.3, 0.4) is 0 Å². The average Bonchev–Trinajstić information content (AvgIpc) is 2.12. The van der Waals surface area contributed by atoms with Gasteiger partial charge in [-0.1, -0.05) is 35.8 Å². The largest absolute Gasteiger partial charge is 0.330 e. The van der Waals surface area contributed by atoms with Crippen molar-refractivity contribution in [2.45, 2.75) is 20.3 Å². The summed E-state index contributed by atoms with van der Waals surface area (Å²) in [5.74, 6) is -0.166. The highest BCUT2D eigenvalue weighted by molar-refractivity contribution is 9.10. The van der Waals surface area contributed by atoms with Crippen molar-refractivity contribution in [1.82, 2.24) is 0 Å². The van der Waals surface area contributed by atoms with Gasteiger partial charge >= 0.3 is 0 Å². The van der Waals surface area contributed by atoms with Gasteiger partial charge in [0.05, 0.1) is 0 Å². The van der Waals surface area contributed by atoms with Crippen LogP contribution < -0.4 is 5.73 Å². The number of benzene rings is 1. The van der Waals surface area contributed by atoms with Crippen LogP contribution in [0.2, 0.25) is 0 Å². The molecule has 3 heteroatoms. The first-order valence-corrected chi connectivity index (χ1v) is 5.38. The molecule has 0 atom stereocenters. The van der Waals surface area contributed by atoms with E-state index in [4.69, 9.17) is 5.73 Å². The Morgan fingerprint density at radius 1 is 1.43 bits per heavy atom. The lowest BCUT2D eigenvalue weighted by molar-refractivity contribution is 0.369. The Morgan fingerprint density at radius 2 is 2.07 bits per heavy atom. The second-order valence-corrected chi connectivity index (χ2v) is 5.10. The molecule has 0 saturated heterocycles. The maximum absolute atomic E-state index is 13.4. The minimum absolute atomic E-state index is 0.0648. The van der Waals surface area contributed by atoms with Crippen LogP contribution in [-0.4, -0.2) is 6.54 Å². The molecule has 1 nitrogen and oxygen atoms in total. The lowest BCUT2D eigenvalue weighted by atomic mass is 9.86. The first-order valence-electron chi connectivity index (χ1n) is 4.59. The maximum atomic E-state index is 13.4. The van der Waals surface area contributed by atoms with Crippen molar-refractivity contribution < 1.29 is 4.39 Å². The van der Waals surface area contributed by atoms with E-state index in [0.29, 0.717) is 18.5 Å². The van der Waals surface area contributed by atoms with Crippen LogP contribution in [-0.2, 0) is 6.42 Å². The summed E-state index contributed by atoms with van der Waals surface area (Å²) in [6.07, 6.45) is 0.650. The molecule has 0 spiro atoms. The van der Waals surface area contributed by atoms with Gasteiger partial charge in [-0.05, 0) is 30.5 Å². The molecule has 0 saturated carbocycles. The molecule has 0 aromatic heterocycles. The molecule has 0 amide bonds. The highest BCUT2D eigenvalue weighted by Gasteiger charge is 2.19. The summed E-state index contributed by atoms with van der Waals surface area (Å²) in [4.78, 5) is 0. The Kier molecular flexibility index (Phi) is 3.67. The molecule has 0 radical (unpaired) electrons. The van der Waals surface area contributed by atoms with Crippen LogP contribution >= 0.6 is 15.9 Å². The molecule has 1 rings (SSSR count). The Balaban J connectivity index is 2.97. The number of hydrogen-bond acceptors (Lipinski definition) is 1. The first kappa shape index (κ1) is 11.7. The summed E-state index contributed by atoms with van der Waals surface area (Å²) in [6.45, 7) is 4.62. The predicted octanol–water partition coefficient (Wildman–Crippen LogP) is 3.12. The molecule has 14 heavy (non-hydrogen) atoms. The zero-order valence-corrected chi connectivity index (χ0v) is 10.1. The Labute approximate surface area is 92.6 Å². The van der Waals surface area contributed by atoms with Crippen molar-refractivity contribution in [1.29, 1.82) is 0 Å². The van der Waals surface area contributed by atoms with Crippen molar-refractivity contribution in [3.05, 3.63) is 34.1 Å². The van der Waals surface area contributed by atoms with Crippen LogP contribution in [0.4, 0.5) is 4.39 Å².